The fraction of sp³-hybridized carbons (Fsp3) is 0.611. The molecule has 2 rings (SSSR count). The van der Waals surface area contributed by atoms with Crippen LogP contribution in [0.25, 0.3) is 0 Å². The van der Waals surface area contributed by atoms with E-state index in [9.17, 15) is 13.2 Å². The number of carbonyl (C=O) groups is 1. The fourth-order valence-corrected chi connectivity index (χ4v) is 4.82. The van der Waals surface area contributed by atoms with Crippen LogP contribution in [0.4, 0.5) is 0 Å². The molecule has 7 heteroatoms. The predicted molar refractivity (Wildman–Crippen MR) is 100.0 cm³/mol. The van der Waals surface area contributed by atoms with Crippen LogP contribution in [0.5, 0.6) is 0 Å². The zero-order chi connectivity index (χ0) is 18.6. The van der Waals surface area contributed by atoms with Crippen LogP contribution in [0.1, 0.15) is 40.0 Å². The van der Waals surface area contributed by atoms with Crippen LogP contribution >= 0.6 is 11.6 Å². The Bertz CT molecular complexity index is 689. The molecule has 5 nitrogen and oxygen atoms in total. The molecule has 1 aromatic rings. The summed E-state index contributed by atoms with van der Waals surface area (Å²) < 4.78 is 27.0. The molecular weight excluding hydrogens is 360 g/mol. The van der Waals surface area contributed by atoms with E-state index in [2.05, 4.69) is 19.2 Å². The van der Waals surface area contributed by atoms with E-state index >= 15 is 0 Å². The lowest BCUT2D eigenvalue weighted by Gasteiger charge is -2.32. The van der Waals surface area contributed by atoms with Gasteiger partial charge in [-0.1, -0.05) is 32.4 Å². The zero-order valence-electron chi connectivity index (χ0n) is 15.0. The maximum Gasteiger partial charge on any atom is 0.243 e. The summed E-state index contributed by atoms with van der Waals surface area (Å²) in [5.74, 6) is 0.00613. The van der Waals surface area contributed by atoms with Crippen molar-refractivity contribution in [2.75, 3.05) is 13.1 Å². The molecule has 0 aromatic heterocycles. The molecule has 1 fully saturated rings. The van der Waals surface area contributed by atoms with E-state index in [1.54, 1.807) is 12.1 Å². The van der Waals surface area contributed by atoms with Gasteiger partial charge < -0.3 is 5.32 Å². The molecule has 0 aliphatic carbocycles. The number of halogens is 1. The van der Waals surface area contributed by atoms with Crippen LogP contribution in [-0.2, 0) is 14.8 Å². The van der Waals surface area contributed by atoms with Gasteiger partial charge in [-0.2, -0.15) is 4.31 Å². The molecule has 140 valence electrons. The number of rotatable bonds is 6. The number of piperidine rings is 1. The molecule has 1 aliphatic rings. The van der Waals surface area contributed by atoms with Crippen LogP contribution < -0.4 is 5.32 Å². The molecule has 1 aromatic carbocycles. The quantitative estimate of drug-likeness (QED) is 0.815. The second-order valence-electron chi connectivity index (χ2n) is 6.92. The van der Waals surface area contributed by atoms with Crippen LogP contribution in [0.3, 0.4) is 0 Å². The molecule has 1 aliphatic heterocycles. The molecular formula is C18H27ClN2O3S. The lowest BCUT2D eigenvalue weighted by Crippen LogP contribution is -2.48. The maximum atomic E-state index is 12.8. The number of carbonyl (C=O) groups excluding carboxylic acids is 1. The normalized spacial score (nSPS) is 20.4. The van der Waals surface area contributed by atoms with Crippen molar-refractivity contribution < 1.29 is 13.2 Å². The number of hydrogen-bond acceptors (Lipinski definition) is 3. The topological polar surface area (TPSA) is 66.5 Å². The van der Waals surface area contributed by atoms with Gasteiger partial charge in [0.05, 0.1) is 10.8 Å². The summed E-state index contributed by atoms with van der Waals surface area (Å²) in [6.45, 7) is 6.86. The summed E-state index contributed by atoms with van der Waals surface area (Å²) >= 11 is 5.84. The Kier molecular flexibility index (Phi) is 6.88. The molecule has 2 atom stereocenters. The van der Waals surface area contributed by atoms with Gasteiger partial charge in [0, 0.05) is 24.2 Å². The van der Waals surface area contributed by atoms with Crippen molar-refractivity contribution in [3.8, 4) is 0 Å². The predicted octanol–water partition coefficient (Wildman–Crippen LogP) is 3.29. The van der Waals surface area contributed by atoms with Crippen molar-refractivity contribution in [3.05, 3.63) is 29.3 Å². The first-order chi connectivity index (χ1) is 11.8. The van der Waals surface area contributed by atoms with Gasteiger partial charge in [-0.05, 0) is 49.4 Å². The first-order valence-electron chi connectivity index (χ1n) is 8.81. The summed E-state index contributed by atoms with van der Waals surface area (Å²) in [7, 11) is -3.60. The highest BCUT2D eigenvalue weighted by atomic mass is 35.5. The van der Waals surface area contributed by atoms with E-state index in [0.29, 0.717) is 30.3 Å². The molecule has 0 bridgehead atoms. The van der Waals surface area contributed by atoms with Gasteiger partial charge in [-0.25, -0.2) is 8.42 Å². The molecule has 1 heterocycles. The molecule has 1 saturated heterocycles. The standard InChI is InChI=1S/C18H27ClN2O3S/c1-4-17(13(2)3)20-18(22)14-6-5-11-21(12-14)25(23,24)16-9-7-15(19)8-10-16/h7-10,13-14,17H,4-6,11-12H2,1-3H3,(H,20,22). The second-order valence-corrected chi connectivity index (χ2v) is 9.30. The van der Waals surface area contributed by atoms with E-state index in [1.807, 2.05) is 6.92 Å². The van der Waals surface area contributed by atoms with Gasteiger partial charge in [0.25, 0.3) is 0 Å². The van der Waals surface area contributed by atoms with E-state index in [4.69, 9.17) is 11.6 Å². The largest absolute Gasteiger partial charge is 0.353 e. The molecule has 0 radical (unpaired) electrons. The van der Waals surface area contributed by atoms with E-state index in [0.717, 1.165) is 6.42 Å². The third-order valence-corrected chi connectivity index (χ3v) is 6.91. The third-order valence-electron chi connectivity index (χ3n) is 4.78. The minimum Gasteiger partial charge on any atom is -0.353 e. The zero-order valence-corrected chi connectivity index (χ0v) is 16.6. The molecule has 25 heavy (non-hydrogen) atoms. The Morgan fingerprint density at radius 2 is 1.96 bits per heavy atom. The smallest absolute Gasteiger partial charge is 0.243 e. The van der Waals surface area contributed by atoms with Crippen molar-refractivity contribution in [1.82, 2.24) is 9.62 Å². The Labute approximate surface area is 155 Å². The van der Waals surface area contributed by atoms with E-state index in [1.165, 1.54) is 16.4 Å². The lowest BCUT2D eigenvalue weighted by molar-refractivity contribution is -0.127. The Balaban J connectivity index is 2.09. The summed E-state index contributed by atoms with van der Waals surface area (Å²) in [6, 6.07) is 6.27. The first-order valence-corrected chi connectivity index (χ1v) is 10.6. The highest BCUT2D eigenvalue weighted by Gasteiger charge is 2.34. The van der Waals surface area contributed by atoms with Crippen LogP contribution in [0.15, 0.2) is 29.2 Å². The first kappa shape index (κ1) is 20.2. The monoisotopic (exact) mass is 386 g/mol. The number of nitrogens with zero attached hydrogens (tertiary/aromatic N) is 1. The van der Waals surface area contributed by atoms with Gasteiger partial charge in [0.1, 0.15) is 0 Å². The van der Waals surface area contributed by atoms with Crippen molar-refractivity contribution in [2.24, 2.45) is 11.8 Å². The Morgan fingerprint density at radius 1 is 1.32 bits per heavy atom. The van der Waals surface area contributed by atoms with E-state index < -0.39 is 10.0 Å². The molecule has 1 N–H and O–H groups in total. The summed E-state index contributed by atoms with van der Waals surface area (Å²) in [6.07, 6.45) is 2.26. The van der Waals surface area contributed by atoms with Gasteiger partial charge in [0.2, 0.25) is 15.9 Å². The SMILES string of the molecule is CCC(NC(=O)C1CCCN(S(=O)(=O)c2ccc(Cl)cc2)C1)C(C)C. The van der Waals surface area contributed by atoms with Gasteiger partial charge in [0.15, 0.2) is 0 Å². The van der Waals surface area contributed by atoms with Crippen LogP contribution in [0.2, 0.25) is 5.02 Å². The van der Waals surface area contributed by atoms with Crippen molar-refractivity contribution >= 4 is 27.5 Å². The Hall–Kier alpha value is -1.11. The van der Waals surface area contributed by atoms with Crippen LogP contribution in [-0.4, -0.2) is 37.8 Å². The molecule has 1 amide bonds. The Morgan fingerprint density at radius 3 is 2.52 bits per heavy atom. The summed E-state index contributed by atoms with van der Waals surface area (Å²) in [4.78, 5) is 12.8. The number of sulfonamides is 1. The average molecular weight is 387 g/mol. The van der Waals surface area contributed by atoms with Crippen LogP contribution in [0, 0.1) is 11.8 Å². The van der Waals surface area contributed by atoms with Crippen molar-refractivity contribution in [2.45, 2.75) is 51.0 Å². The number of nitrogens with one attached hydrogen (secondary N) is 1. The number of hydrogen-bond donors (Lipinski definition) is 1. The number of amides is 1. The van der Waals surface area contributed by atoms with Gasteiger partial charge in [-0.3, -0.25) is 4.79 Å². The number of benzene rings is 1. The highest BCUT2D eigenvalue weighted by Crippen LogP contribution is 2.25. The average Bonchev–Trinajstić information content (AvgIpc) is 2.59. The minimum atomic E-state index is -3.60. The minimum absolute atomic E-state index is 0.0449. The third kappa shape index (κ3) is 4.96. The van der Waals surface area contributed by atoms with Crippen molar-refractivity contribution in [1.29, 1.82) is 0 Å². The van der Waals surface area contributed by atoms with Gasteiger partial charge in [-0.15, -0.1) is 0 Å². The molecule has 0 spiro atoms. The van der Waals surface area contributed by atoms with E-state index in [-0.39, 0.29) is 29.3 Å². The van der Waals surface area contributed by atoms with Crippen molar-refractivity contribution in [3.63, 3.8) is 0 Å². The second kappa shape index (κ2) is 8.52. The highest BCUT2D eigenvalue weighted by molar-refractivity contribution is 7.89. The fourth-order valence-electron chi connectivity index (χ4n) is 3.17. The summed E-state index contributed by atoms with van der Waals surface area (Å²) in [5, 5.41) is 3.57. The summed E-state index contributed by atoms with van der Waals surface area (Å²) in [5.41, 5.74) is 0. The molecule has 2 unspecified atom stereocenters. The maximum absolute atomic E-state index is 12.8. The van der Waals surface area contributed by atoms with Gasteiger partial charge >= 0.3 is 0 Å². The molecule has 0 saturated carbocycles. The lowest BCUT2D eigenvalue weighted by atomic mass is 9.96.